The van der Waals surface area contributed by atoms with Gasteiger partial charge in [0.1, 0.15) is 11.7 Å². The van der Waals surface area contributed by atoms with Gasteiger partial charge in [-0.3, -0.25) is 19.4 Å². The number of ketones is 1. The van der Waals surface area contributed by atoms with E-state index in [1.165, 1.54) is 26.1 Å². The number of phenols is 1. The number of fused-ring (bicyclic) bond motifs is 1. The average molecular weight is 422 g/mol. The van der Waals surface area contributed by atoms with Gasteiger partial charge in [-0.05, 0) is 43.0 Å². The monoisotopic (exact) mass is 422 g/mol. The van der Waals surface area contributed by atoms with E-state index in [0.717, 1.165) is 0 Å². The molecule has 0 radical (unpaired) electrons. The first-order chi connectivity index (χ1) is 14.3. The zero-order valence-corrected chi connectivity index (χ0v) is 18.2. The molecule has 7 heteroatoms. The fourth-order valence-corrected chi connectivity index (χ4v) is 3.51. The quantitative estimate of drug-likeness (QED) is 0.639. The molecule has 0 aliphatic carbocycles. The van der Waals surface area contributed by atoms with Gasteiger partial charge in [-0.25, -0.2) is 0 Å². The predicted octanol–water partition coefficient (Wildman–Crippen LogP) is 4.21. The molecule has 1 amide bonds. The topological polar surface area (TPSA) is 116 Å². The molecule has 162 valence electrons. The van der Waals surface area contributed by atoms with Gasteiger partial charge in [0.2, 0.25) is 5.91 Å². The highest BCUT2D eigenvalue weighted by Gasteiger charge is 2.36. The van der Waals surface area contributed by atoms with E-state index in [9.17, 15) is 24.6 Å². The van der Waals surface area contributed by atoms with Crippen molar-refractivity contribution in [2.75, 3.05) is 5.32 Å². The van der Waals surface area contributed by atoms with Crippen LogP contribution in [0.2, 0.25) is 0 Å². The minimum atomic E-state index is -1.33. The number of aromatic hydroxyl groups is 1. The Kier molecular flexibility index (Phi) is 5.48. The molecule has 7 nitrogen and oxygen atoms in total. The molecule has 0 bridgehead atoms. The van der Waals surface area contributed by atoms with Gasteiger partial charge < -0.3 is 15.5 Å². The summed E-state index contributed by atoms with van der Waals surface area (Å²) in [5, 5.41) is 22.9. The maximum absolute atomic E-state index is 13.0. The minimum absolute atomic E-state index is 0.243. The Morgan fingerprint density at radius 2 is 1.68 bits per heavy atom. The Balaban J connectivity index is 2.00. The van der Waals surface area contributed by atoms with E-state index in [-0.39, 0.29) is 17.1 Å². The first-order valence-corrected chi connectivity index (χ1v) is 9.93. The van der Waals surface area contributed by atoms with Crippen LogP contribution in [0.5, 0.6) is 5.75 Å². The van der Waals surface area contributed by atoms with Gasteiger partial charge in [-0.2, -0.15) is 0 Å². The lowest BCUT2D eigenvalue weighted by Crippen LogP contribution is -2.34. The average Bonchev–Trinajstić information content (AvgIpc) is 2.67. The molecule has 3 rings (SSSR count). The highest BCUT2D eigenvalue weighted by Crippen LogP contribution is 2.40. The van der Waals surface area contributed by atoms with Crippen LogP contribution in [0.25, 0.3) is 0 Å². The smallest absolute Gasteiger partial charge is 0.313 e. The second-order valence-corrected chi connectivity index (χ2v) is 9.22. The molecule has 0 fully saturated rings. The Bertz CT molecular complexity index is 1110. The number of anilines is 1. The fourth-order valence-electron chi connectivity index (χ4n) is 3.51. The molecule has 2 aromatic rings. The number of rotatable bonds is 4. The number of nitrogens with one attached hydrogen (secondary N) is 1. The van der Waals surface area contributed by atoms with E-state index < -0.39 is 28.6 Å². The zero-order valence-electron chi connectivity index (χ0n) is 18.2. The number of carbonyl (C=O) groups excluding carboxylic acids is 2. The first kappa shape index (κ1) is 22.2. The van der Waals surface area contributed by atoms with Crippen molar-refractivity contribution in [2.45, 2.75) is 45.4 Å². The Morgan fingerprint density at radius 3 is 2.29 bits per heavy atom. The summed E-state index contributed by atoms with van der Waals surface area (Å²) in [5.41, 5.74) is 0.294. The van der Waals surface area contributed by atoms with E-state index in [0.29, 0.717) is 22.5 Å². The third-order valence-corrected chi connectivity index (χ3v) is 5.51. The number of amides is 1. The highest BCUT2D eigenvalue weighted by molar-refractivity contribution is 6.25. The molecule has 2 aromatic carbocycles. The molecule has 0 saturated heterocycles. The highest BCUT2D eigenvalue weighted by atomic mass is 16.4. The molecule has 1 atom stereocenters. The van der Waals surface area contributed by atoms with Crippen LogP contribution in [-0.4, -0.2) is 34.1 Å². The van der Waals surface area contributed by atoms with Gasteiger partial charge >= 0.3 is 5.97 Å². The zero-order chi connectivity index (χ0) is 23.1. The van der Waals surface area contributed by atoms with Crippen molar-refractivity contribution >= 4 is 35.2 Å². The van der Waals surface area contributed by atoms with Gasteiger partial charge in [-0.1, -0.05) is 32.9 Å². The Hall–Kier alpha value is -3.48. The number of hydrogen-bond donors (Lipinski definition) is 3. The number of Topliss-reactive ketones (excluding diaryl/α,β-unsaturated/α-hetero) is 1. The number of hydrogen-bond acceptors (Lipinski definition) is 5. The van der Waals surface area contributed by atoms with Crippen LogP contribution in [-0.2, 0) is 20.4 Å². The third kappa shape index (κ3) is 4.08. The normalized spacial score (nSPS) is 16.0. The maximum atomic E-state index is 13.0. The summed E-state index contributed by atoms with van der Waals surface area (Å²) in [5.74, 6) is -3.35. The van der Waals surface area contributed by atoms with Crippen molar-refractivity contribution in [1.82, 2.24) is 0 Å². The van der Waals surface area contributed by atoms with Gasteiger partial charge in [0.15, 0.2) is 5.78 Å². The van der Waals surface area contributed by atoms with Crippen LogP contribution >= 0.6 is 0 Å². The Labute approximate surface area is 180 Å². The number of benzene rings is 2. The van der Waals surface area contributed by atoms with Gasteiger partial charge in [0.25, 0.3) is 0 Å². The lowest BCUT2D eigenvalue weighted by atomic mass is 9.78. The first-order valence-electron chi connectivity index (χ1n) is 9.93. The van der Waals surface area contributed by atoms with Crippen LogP contribution in [0.3, 0.4) is 0 Å². The number of carboxylic acid groups (broad SMARTS) is 1. The number of phenolic OH excluding ortho intramolecular Hbond substituents is 1. The molecule has 0 aromatic heterocycles. The van der Waals surface area contributed by atoms with E-state index in [2.05, 4.69) is 10.3 Å². The molecule has 3 N–H and O–H groups in total. The number of para-hydroxylation sites is 1. The number of carbonyl (C=O) groups is 3. The van der Waals surface area contributed by atoms with Crippen LogP contribution in [0.15, 0.2) is 41.4 Å². The summed E-state index contributed by atoms with van der Waals surface area (Å²) in [6, 6.07) is 9.76. The summed E-state index contributed by atoms with van der Waals surface area (Å²) in [6.07, 6.45) is 1.32. The standard InChI is InChI=1S/C24H26N2O5/c1-23(2,3)15-10-16(24(4,5)22(30)31)19(27)11-18(15)26-21(29)14-12-25-17-9-7-6-8-13(17)20(14)28/h6-12,14,27H,1-5H3,(H,26,29)(H,30,31). The van der Waals surface area contributed by atoms with Crippen LogP contribution in [0, 0.1) is 5.92 Å². The van der Waals surface area contributed by atoms with E-state index in [1.807, 2.05) is 20.8 Å². The lowest BCUT2D eigenvalue weighted by Gasteiger charge is -2.28. The number of nitrogens with zero attached hydrogens (tertiary/aromatic N) is 1. The second kappa shape index (κ2) is 7.65. The summed E-state index contributed by atoms with van der Waals surface area (Å²) in [6.45, 7) is 8.75. The third-order valence-electron chi connectivity index (χ3n) is 5.51. The molecule has 0 saturated carbocycles. The molecule has 1 unspecified atom stereocenters. The van der Waals surface area contributed by atoms with E-state index in [4.69, 9.17) is 0 Å². The summed E-state index contributed by atoms with van der Waals surface area (Å²) in [7, 11) is 0. The van der Waals surface area contributed by atoms with Crippen molar-refractivity contribution < 1.29 is 24.6 Å². The maximum Gasteiger partial charge on any atom is 0.313 e. The fraction of sp³-hybridized carbons (Fsp3) is 0.333. The van der Waals surface area contributed by atoms with Crippen molar-refractivity contribution in [2.24, 2.45) is 10.9 Å². The van der Waals surface area contributed by atoms with Crippen molar-refractivity contribution in [3.05, 3.63) is 53.1 Å². The van der Waals surface area contributed by atoms with Gasteiger partial charge in [0, 0.05) is 29.1 Å². The largest absolute Gasteiger partial charge is 0.508 e. The van der Waals surface area contributed by atoms with Gasteiger partial charge in [0.05, 0.1) is 11.1 Å². The summed E-state index contributed by atoms with van der Waals surface area (Å²) >= 11 is 0. The van der Waals surface area contributed by atoms with Crippen molar-refractivity contribution in [3.63, 3.8) is 0 Å². The molecule has 0 spiro atoms. The summed E-state index contributed by atoms with van der Waals surface area (Å²) in [4.78, 5) is 41.7. The number of aliphatic imine (C=N–C) groups is 1. The van der Waals surface area contributed by atoms with Gasteiger partial charge in [-0.15, -0.1) is 0 Å². The Morgan fingerprint density at radius 1 is 1.03 bits per heavy atom. The van der Waals surface area contributed by atoms with Crippen LogP contribution in [0.1, 0.15) is 56.1 Å². The molecule has 1 heterocycles. The summed E-state index contributed by atoms with van der Waals surface area (Å²) < 4.78 is 0. The minimum Gasteiger partial charge on any atom is -0.508 e. The van der Waals surface area contributed by atoms with Crippen LogP contribution < -0.4 is 5.32 Å². The molecular formula is C24H26N2O5. The van der Waals surface area contributed by atoms with Crippen molar-refractivity contribution in [3.8, 4) is 5.75 Å². The predicted molar refractivity (Wildman–Crippen MR) is 119 cm³/mol. The second-order valence-electron chi connectivity index (χ2n) is 9.22. The van der Waals surface area contributed by atoms with E-state index >= 15 is 0 Å². The number of aliphatic carboxylic acids is 1. The van der Waals surface area contributed by atoms with Crippen LogP contribution in [0.4, 0.5) is 11.4 Å². The molecular weight excluding hydrogens is 396 g/mol. The van der Waals surface area contributed by atoms with Crippen molar-refractivity contribution in [1.29, 1.82) is 0 Å². The van der Waals surface area contributed by atoms with E-state index in [1.54, 1.807) is 30.3 Å². The molecule has 1 aliphatic rings. The lowest BCUT2D eigenvalue weighted by molar-refractivity contribution is -0.142. The molecule has 31 heavy (non-hydrogen) atoms. The SMILES string of the molecule is CC(C)(C)c1cc(C(C)(C)C(=O)O)c(O)cc1NC(=O)C1C=Nc2ccccc2C1=O. The molecule has 1 aliphatic heterocycles. The number of carboxylic acids is 1.